The van der Waals surface area contributed by atoms with Gasteiger partial charge in [0.2, 0.25) is 0 Å². The Labute approximate surface area is 300 Å². The second-order valence-corrected chi connectivity index (χ2v) is 15.4. The zero-order valence-electron chi connectivity index (χ0n) is 30.9. The van der Waals surface area contributed by atoms with Gasteiger partial charge in [-0.15, -0.1) is 0 Å². The Kier molecular flexibility index (Phi) is 25.6. The maximum Gasteiger partial charge on any atom is 0.469 e. The molecule has 0 amide bonds. The fraction of sp³-hybridized carbons (Fsp3) is 0.816. The van der Waals surface area contributed by atoms with Crippen LogP contribution >= 0.6 is 7.82 Å². The molecule has 11 nitrogen and oxygen atoms in total. The summed E-state index contributed by atoms with van der Waals surface area (Å²) >= 11 is 0. The van der Waals surface area contributed by atoms with Crippen LogP contribution in [0, 0.1) is 17.8 Å². The molecule has 1 aliphatic rings. The number of rotatable bonds is 30. The number of Topliss-reactive ketones (excluding diaryl/α,β-unsaturated/α-hetero) is 1. The number of carbonyl (C=O) groups is 3. The minimum Gasteiger partial charge on any atom is -0.462 e. The lowest BCUT2D eigenvalue weighted by atomic mass is 9.90. The first-order chi connectivity index (χ1) is 23.8. The second kappa shape index (κ2) is 27.7. The maximum absolute atomic E-state index is 12.5. The lowest BCUT2D eigenvalue weighted by Crippen LogP contribution is -2.29. The fourth-order valence-electron chi connectivity index (χ4n) is 6.07. The lowest BCUT2D eigenvalue weighted by molar-refractivity contribution is -0.161. The van der Waals surface area contributed by atoms with Crippen LogP contribution in [0.25, 0.3) is 0 Å². The van der Waals surface area contributed by atoms with Crippen molar-refractivity contribution in [2.75, 3.05) is 13.2 Å². The van der Waals surface area contributed by atoms with Crippen molar-refractivity contribution >= 4 is 25.5 Å². The molecule has 0 radical (unpaired) electrons. The summed E-state index contributed by atoms with van der Waals surface area (Å²) in [5.41, 5.74) is 0. The van der Waals surface area contributed by atoms with Gasteiger partial charge in [0.25, 0.3) is 0 Å². The molecule has 0 spiro atoms. The Morgan fingerprint density at radius 1 is 0.860 bits per heavy atom. The van der Waals surface area contributed by atoms with Gasteiger partial charge in [-0.05, 0) is 38.0 Å². The van der Waals surface area contributed by atoms with E-state index in [-0.39, 0.29) is 37.6 Å². The number of carbonyl (C=O) groups excluding carboxylic acids is 3. The van der Waals surface area contributed by atoms with Crippen LogP contribution in [-0.4, -0.2) is 69.2 Å². The van der Waals surface area contributed by atoms with Gasteiger partial charge in [-0.1, -0.05) is 122 Å². The summed E-state index contributed by atoms with van der Waals surface area (Å²) in [4.78, 5) is 55.3. The van der Waals surface area contributed by atoms with E-state index in [1.54, 1.807) is 12.2 Å². The van der Waals surface area contributed by atoms with Crippen LogP contribution in [0.15, 0.2) is 24.3 Å². The van der Waals surface area contributed by atoms with Gasteiger partial charge in [0.05, 0.1) is 18.8 Å². The molecule has 0 aromatic carbocycles. The Morgan fingerprint density at radius 2 is 1.48 bits per heavy atom. The highest BCUT2D eigenvalue weighted by Crippen LogP contribution is 2.36. The van der Waals surface area contributed by atoms with Crippen LogP contribution in [0.1, 0.15) is 149 Å². The van der Waals surface area contributed by atoms with Gasteiger partial charge in [-0.2, -0.15) is 0 Å². The summed E-state index contributed by atoms with van der Waals surface area (Å²) in [6, 6.07) is 0. The predicted octanol–water partition coefficient (Wildman–Crippen LogP) is 7.68. The SMILES string of the molecule is CCCCC[C@H](O)/C=C/[C@H]1C(=O)C[C@H](O)[C@@H]1C/C=C\CCCC(=O)O[C@H](COC(=O)CCCCCCCCCCCC(C)C)COP(=O)(O)O. The number of hydrogen-bond acceptors (Lipinski definition) is 9. The first-order valence-electron chi connectivity index (χ1n) is 19.1. The van der Waals surface area contributed by atoms with Gasteiger partial charge >= 0.3 is 19.8 Å². The Hall–Kier alpha value is -1.88. The summed E-state index contributed by atoms with van der Waals surface area (Å²) in [6.45, 7) is 5.62. The zero-order chi connectivity index (χ0) is 37.2. The van der Waals surface area contributed by atoms with E-state index >= 15 is 0 Å². The normalized spacial score (nSPS) is 19.5. The monoisotopic (exact) mass is 730 g/mol. The summed E-state index contributed by atoms with van der Waals surface area (Å²) in [6.07, 6.45) is 21.4. The molecular formula is C38H67O11P. The van der Waals surface area contributed by atoms with Gasteiger partial charge in [-0.3, -0.25) is 18.9 Å². The third-order valence-electron chi connectivity index (χ3n) is 9.03. The molecule has 0 aliphatic heterocycles. The van der Waals surface area contributed by atoms with Crippen molar-refractivity contribution in [1.82, 2.24) is 0 Å². The van der Waals surface area contributed by atoms with Crippen LogP contribution in [0.5, 0.6) is 0 Å². The summed E-state index contributed by atoms with van der Waals surface area (Å²) in [5.74, 6) is -1.08. The Bertz CT molecular complexity index is 1040. The summed E-state index contributed by atoms with van der Waals surface area (Å²) < 4.78 is 26.3. The standard InChI is InChI=1S/C38H67O11P/c1-4-5-15-21-31(39)25-26-34-33(35(40)27-36(34)41)22-17-13-14-19-24-38(43)49-32(29-48-50(44,45)46)28-47-37(42)23-18-12-10-8-6-7-9-11-16-20-30(2)3/h13,17,25-26,30-35,39-40H,4-12,14-16,18-24,27-29H2,1-3H3,(H2,44,45,46)/b17-13-,26-25+/t31-,32+,33+,34+,35-/m0/s1. The van der Waals surface area contributed by atoms with Crippen molar-refractivity contribution in [3.05, 3.63) is 24.3 Å². The molecule has 0 aromatic heterocycles. The number of allylic oxidation sites excluding steroid dienone is 3. The number of phosphoric ester groups is 1. The molecule has 0 saturated heterocycles. The average Bonchev–Trinajstić information content (AvgIpc) is 3.32. The number of phosphoric acid groups is 1. The predicted molar refractivity (Wildman–Crippen MR) is 194 cm³/mol. The zero-order valence-corrected chi connectivity index (χ0v) is 31.8. The second-order valence-electron chi connectivity index (χ2n) is 14.2. The molecule has 0 unspecified atom stereocenters. The third-order valence-corrected chi connectivity index (χ3v) is 9.51. The number of ketones is 1. The first-order valence-corrected chi connectivity index (χ1v) is 20.6. The van der Waals surface area contributed by atoms with Crippen molar-refractivity contribution in [1.29, 1.82) is 0 Å². The van der Waals surface area contributed by atoms with E-state index in [2.05, 4.69) is 25.3 Å². The number of aliphatic hydroxyl groups is 2. The average molecular weight is 731 g/mol. The van der Waals surface area contributed by atoms with Gasteiger partial charge in [0.1, 0.15) is 12.4 Å². The van der Waals surface area contributed by atoms with E-state index in [0.717, 1.165) is 44.4 Å². The molecule has 0 bridgehead atoms. The highest BCUT2D eigenvalue weighted by atomic mass is 31.2. The van der Waals surface area contributed by atoms with Crippen molar-refractivity contribution in [3.8, 4) is 0 Å². The van der Waals surface area contributed by atoms with Crippen LogP contribution < -0.4 is 0 Å². The quantitative estimate of drug-likeness (QED) is 0.0247. The molecule has 1 aliphatic carbocycles. The Balaban J connectivity index is 2.36. The van der Waals surface area contributed by atoms with Crippen molar-refractivity contribution < 1.29 is 52.9 Å². The van der Waals surface area contributed by atoms with Crippen molar-refractivity contribution in [3.63, 3.8) is 0 Å². The topological polar surface area (TPSA) is 177 Å². The van der Waals surface area contributed by atoms with Crippen LogP contribution in [0.3, 0.4) is 0 Å². The van der Waals surface area contributed by atoms with Gasteiger partial charge in [0.15, 0.2) is 6.10 Å². The van der Waals surface area contributed by atoms with E-state index in [1.807, 2.05) is 12.2 Å². The summed E-state index contributed by atoms with van der Waals surface area (Å²) in [7, 11) is -4.82. The van der Waals surface area contributed by atoms with E-state index < -0.39 is 50.6 Å². The molecule has 1 saturated carbocycles. The smallest absolute Gasteiger partial charge is 0.462 e. The maximum atomic E-state index is 12.5. The van der Waals surface area contributed by atoms with E-state index in [1.165, 1.54) is 38.5 Å². The van der Waals surface area contributed by atoms with E-state index in [9.17, 15) is 29.2 Å². The van der Waals surface area contributed by atoms with Gasteiger partial charge in [-0.25, -0.2) is 4.57 Å². The van der Waals surface area contributed by atoms with Gasteiger partial charge in [0, 0.05) is 31.1 Å². The van der Waals surface area contributed by atoms with Crippen molar-refractivity contribution in [2.45, 2.75) is 167 Å². The summed E-state index contributed by atoms with van der Waals surface area (Å²) in [5, 5.41) is 20.6. The number of unbranched alkanes of at least 4 members (excludes halogenated alkanes) is 11. The Morgan fingerprint density at radius 3 is 2.12 bits per heavy atom. The number of aliphatic hydroxyl groups excluding tert-OH is 2. The van der Waals surface area contributed by atoms with E-state index in [0.29, 0.717) is 32.1 Å². The molecule has 5 atom stereocenters. The fourth-order valence-corrected chi connectivity index (χ4v) is 6.43. The molecule has 290 valence electrons. The molecule has 0 heterocycles. The molecular weight excluding hydrogens is 663 g/mol. The molecule has 0 aromatic rings. The molecule has 50 heavy (non-hydrogen) atoms. The number of ether oxygens (including phenoxy) is 2. The van der Waals surface area contributed by atoms with Crippen LogP contribution in [0.2, 0.25) is 0 Å². The first kappa shape index (κ1) is 46.1. The van der Waals surface area contributed by atoms with Crippen LogP contribution in [-0.2, 0) is 32.9 Å². The molecule has 1 rings (SSSR count). The van der Waals surface area contributed by atoms with Gasteiger partial charge < -0.3 is 29.5 Å². The highest BCUT2D eigenvalue weighted by Gasteiger charge is 2.39. The third kappa shape index (κ3) is 24.3. The largest absolute Gasteiger partial charge is 0.469 e. The molecule has 4 N–H and O–H groups in total. The van der Waals surface area contributed by atoms with E-state index in [4.69, 9.17) is 19.3 Å². The minimum atomic E-state index is -4.82. The van der Waals surface area contributed by atoms with Crippen LogP contribution in [0.4, 0.5) is 0 Å². The minimum absolute atomic E-state index is 0.0223. The number of hydrogen-bond donors (Lipinski definition) is 4. The number of esters is 2. The lowest BCUT2D eigenvalue weighted by Gasteiger charge is -2.18. The highest BCUT2D eigenvalue weighted by molar-refractivity contribution is 7.46. The van der Waals surface area contributed by atoms with Crippen molar-refractivity contribution in [2.24, 2.45) is 17.8 Å². The molecule has 12 heteroatoms. The molecule has 1 fully saturated rings.